The third kappa shape index (κ3) is 11.9. The van der Waals surface area contributed by atoms with Gasteiger partial charge in [0.1, 0.15) is 0 Å². The first-order valence-electron chi connectivity index (χ1n) is 6.32. The van der Waals surface area contributed by atoms with Crippen LogP contribution in [0.2, 0.25) is 0 Å². The minimum Gasteiger partial charge on any atom is -0.396 e. The van der Waals surface area contributed by atoms with E-state index in [1.54, 1.807) is 0 Å². The predicted molar refractivity (Wildman–Crippen MR) is 63.1 cm³/mol. The van der Waals surface area contributed by atoms with Crippen LogP contribution in [0, 0.1) is 0 Å². The topological polar surface area (TPSA) is 69.9 Å². The lowest BCUT2D eigenvalue weighted by Gasteiger charge is -2.10. The van der Waals surface area contributed by atoms with E-state index in [2.05, 4.69) is 0 Å². The molecule has 0 bridgehead atoms. The largest absolute Gasteiger partial charge is 0.396 e. The second-order valence-electron chi connectivity index (χ2n) is 4.04. The van der Waals surface area contributed by atoms with Gasteiger partial charge in [-0.15, -0.1) is 0 Å². The monoisotopic (exact) mass is 234 g/mol. The van der Waals surface area contributed by atoms with Crippen molar-refractivity contribution < 1.29 is 20.1 Å². The molecular weight excluding hydrogens is 208 g/mol. The van der Waals surface area contributed by atoms with E-state index in [4.69, 9.17) is 14.9 Å². The first kappa shape index (κ1) is 15.8. The lowest BCUT2D eigenvalue weighted by molar-refractivity contribution is -0.111. The number of unbranched alkanes of at least 4 members (excludes halogenated alkanes) is 6. The first-order chi connectivity index (χ1) is 7.81. The highest BCUT2D eigenvalue weighted by molar-refractivity contribution is 4.48. The van der Waals surface area contributed by atoms with Crippen LogP contribution in [0.5, 0.6) is 0 Å². The molecule has 0 aromatic heterocycles. The van der Waals surface area contributed by atoms with Gasteiger partial charge in [0.15, 0.2) is 6.29 Å². The number of hydrogen-bond donors (Lipinski definition) is 3. The number of aliphatic hydroxyl groups is 3. The zero-order valence-electron chi connectivity index (χ0n) is 10.1. The summed E-state index contributed by atoms with van der Waals surface area (Å²) in [5.41, 5.74) is 0. The fraction of sp³-hybridized carbons (Fsp3) is 1.00. The van der Waals surface area contributed by atoms with Gasteiger partial charge >= 0.3 is 0 Å². The molecule has 0 rings (SSSR count). The lowest BCUT2D eigenvalue weighted by Crippen LogP contribution is -2.14. The number of hydrogen-bond acceptors (Lipinski definition) is 4. The molecule has 16 heavy (non-hydrogen) atoms. The Morgan fingerprint density at radius 3 is 1.88 bits per heavy atom. The maximum atomic E-state index is 9.29. The smallest absolute Gasteiger partial charge is 0.154 e. The van der Waals surface area contributed by atoms with Gasteiger partial charge in [0, 0.05) is 6.61 Å². The molecule has 1 atom stereocenters. The molecule has 1 unspecified atom stereocenters. The molecule has 0 aliphatic carbocycles. The summed E-state index contributed by atoms with van der Waals surface area (Å²) in [6.07, 6.45) is 7.59. The van der Waals surface area contributed by atoms with Crippen LogP contribution >= 0.6 is 0 Å². The van der Waals surface area contributed by atoms with Crippen LogP contribution in [-0.2, 0) is 4.74 Å². The van der Waals surface area contributed by atoms with Crippen molar-refractivity contribution in [3.63, 3.8) is 0 Å². The van der Waals surface area contributed by atoms with Gasteiger partial charge in [-0.25, -0.2) is 0 Å². The highest BCUT2D eigenvalue weighted by Crippen LogP contribution is 2.10. The minimum absolute atomic E-state index is 0.0398. The molecule has 98 valence electrons. The van der Waals surface area contributed by atoms with Crippen LogP contribution in [0.4, 0.5) is 0 Å². The van der Waals surface area contributed by atoms with Gasteiger partial charge in [-0.2, -0.15) is 0 Å². The second kappa shape index (κ2) is 12.9. The van der Waals surface area contributed by atoms with Crippen molar-refractivity contribution in [1.82, 2.24) is 0 Å². The SMILES string of the molecule is OCCCCCCCCCC(O)OCCO. The van der Waals surface area contributed by atoms with Gasteiger partial charge < -0.3 is 20.1 Å². The Labute approximate surface area is 98.2 Å². The van der Waals surface area contributed by atoms with Crippen molar-refractivity contribution in [2.45, 2.75) is 57.7 Å². The zero-order chi connectivity index (χ0) is 12.1. The standard InChI is InChI=1S/C12H26O4/c13-9-7-5-3-1-2-4-6-8-12(15)16-11-10-14/h12-15H,1-11H2. The maximum Gasteiger partial charge on any atom is 0.154 e. The molecule has 0 aromatic carbocycles. The summed E-state index contributed by atoms with van der Waals surface area (Å²) in [4.78, 5) is 0. The van der Waals surface area contributed by atoms with Crippen molar-refractivity contribution in [3.8, 4) is 0 Å². The maximum absolute atomic E-state index is 9.29. The minimum atomic E-state index is -0.721. The molecule has 4 nitrogen and oxygen atoms in total. The summed E-state index contributed by atoms with van der Waals surface area (Å²) in [5, 5.41) is 26.3. The van der Waals surface area contributed by atoms with Crippen molar-refractivity contribution in [2.24, 2.45) is 0 Å². The third-order valence-corrected chi connectivity index (χ3v) is 2.51. The third-order valence-electron chi connectivity index (χ3n) is 2.51. The Balaban J connectivity index is 3.02. The van der Waals surface area contributed by atoms with Crippen LogP contribution in [0.25, 0.3) is 0 Å². The van der Waals surface area contributed by atoms with E-state index in [9.17, 15) is 5.11 Å². The van der Waals surface area contributed by atoms with Gasteiger partial charge in [-0.05, 0) is 19.3 Å². The predicted octanol–water partition coefficient (Wildman–Crippen LogP) is 1.43. The molecule has 0 aromatic rings. The summed E-state index contributed by atoms with van der Waals surface area (Å²) in [6.45, 7) is 0.471. The zero-order valence-corrected chi connectivity index (χ0v) is 10.1. The quantitative estimate of drug-likeness (QED) is 0.353. The van der Waals surface area contributed by atoms with Gasteiger partial charge in [-0.1, -0.05) is 32.1 Å². The molecule has 0 amide bonds. The van der Waals surface area contributed by atoms with Crippen LogP contribution in [0.3, 0.4) is 0 Å². The molecule has 0 fully saturated rings. The molecule has 0 spiro atoms. The number of rotatable bonds is 12. The molecule has 4 heteroatoms. The Morgan fingerprint density at radius 1 is 0.750 bits per heavy atom. The van der Waals surface area contributed by atoms with E-state index in [1.807, 2.05) is 0 Å². The van der Waals surface area contributed by atoms with E-state index in [-0.39, 0.29) is 13.2 Å². The van der Waals surface area contributed by atoms with Crippen molar-refractivity contribution in [3.05, 3.63) is 0 Å². The molecule has 0 saturated carbocycles. The summed E-state index contributed by atoms with van der Waals surface area (Å²) >= 11 is 0. The first-order valence-corrected chi connectivity index (χ1v) is 6.32. The number of aliphatic hydroxyl groups excluding tert-OH is 3. The normalized spacial score (nSPS) is 12.9. The molecule has 0 aliphatic rings. The lowest BCUT2D eigenvalue weighted by atomic mass is 10.1. The van der Waals surface area contributed by atoms with Gasteiger partial charge in [-0.3, -0.25) is 0 Å². The highest BCUT2D eigenvalue weighted by Gasteiger charge is 2.02. The van der Waals surface area contributed by atoms with Gasteiger partial charge in [0.25, 0.3) is 0 Å². The average molecular weight is 234 g/mol. The molecule has 0 aliphatic heterocycles. The van der Waals surface area contributed by atoms with E-state index >= 15 is 0 Å². The van der Waals surface area contributed by atoms with E-state index in [1.165, 1.54) is 19.3 Å². The van der Waals surface area contributed by atoms with Crippen molar-refractivity contribution >= 4 is 0 Å². The fourth-order valence-electron chi connectivity index (χ4n) is 1.59. The molecule has 0 radical (unpaired) electrons. The Morgan fingerprint density at radius 2 is 1.31 bits per heavy atom. The van der Waals surface area contributed by atoms with Crippen LogP contribution in [-0.4, -0.2) is 41.4 Å². The van der Waals surface area contributed by atoms with Crippen molar-refractivity contribution in [2.75, 3.05) is 19.8 Å². The Kier molecular flexibility index (Phi) is 12.8. The fourth-order valence-corrected chi connectivity index (χ4v) is 1.59. The molecular formula is C12H26O4. The van der Waals surface area contributed by atoms with Crippen LogP contribution < -0.4 is 0 Å². The molecule has 0 saturated heterocycles. The highest BCUT2D eigenvalue weighted by atomic mass is 16.6. The van der Waals surface area contributed by atoms with E-state index in [0.717, 1.165) is 25.7 Å². The summed E-state index contributed by atoms with van der Waals surface area (Å²) < 4.78 is 4.93. The van der Waals surface area contributed by atoms with Gasteiger partial charge in [0.2, 0.25) is 0 Å². The molecule has 0 heterocycles. The van der Waals surface area contributed by atoms with E-state index < -0.39 is 6.29 Å². The Bertz CT molecular complexity index is 130. The van der Waals surface area contributed by atoms with Crippen LogP contribution in [0.1, 0.15) is 51.4 Å². The second-order valence-corrected chi connectivity index (χ2v) is 4.04. The van der Waals surface area contributed by atoms with Crippen molar-refractivity contribution in [1.29, 1.82) is 0 Å². The summed E-state index contributed by atoms with van der Waals surface area (Å²) in [7, 11) is 0. The summed E-state index contributed by atoms with van der Waals surface area (Å²) in [6, 6.07) is 0. The number of ether oxygens (including phenoxy) is 1. The van der Waals surface area contributed by atoms with Gasteiger partial charge in [0.05, 0.1) is 13.2 Å². The Hall–Kier alpha value is -0.160. The van der Waals surface area contributed by atoms with E-state index in [0.29, 0.717) is 13.0 Å². The average Bonchev–Trinajstić information content (AvgIpc) is 2.30. The van der Waals surface area contributed by atoms with Crippen LogP contribution in [0.15, 0.2) is 0 Å². The molecule has 3 N–H and O–H groups in total. The summed E-state index contributed by atoms with van der Waals surface area (Å²) in [5.74, 6) is 0.